The summed E-state index contributed by atoms with van der Waals surface area (Å²) in [6.07, 6.45) is 1.10. The number of hydrogen-bond donors (Lipinski definition) is 0. The van der Waals surface area contributed by atoms with Gasteiger partial charge in [0.1, 0.15) is 0 Å². The van der Waals surface area contributed by atoms with Gasteiger partial charge in [-0.2, -0.15) is 0 Å². The Hall–Kier alpha value is -0.630. The van der Waals surface area contributed by atoms with Crippen LogP contribution in [-0.4, -0.2) is 0 Å². The van der Waals surface area contributed by atoms with E-state index in [0.717, 1.165) is 6.42 Å². The Labute approximate surface area is 111 Å². The van der Waals surface area contributed by atoms with Crippen LogP contribution in [0.15, 0.2) is 48.5 Å². The number of halogens is 1. The summed E-state index contributed by atoms with van der Waals surface area (Å²) in [5, 5.41) is 0. The zero-order valence-corrected chi connectivity index (χ0v) is 10.7. The van der Waals surface area contributed by atoms with Crippen molar-refractivity contribution in [1.29, 1.82) is 0 Å². The molecular formula is C13H10FNa. The maximum Gasteiger partial charge on any atom is 1.00 e. The van der Waals surface area contributed by atoms with E-state index in [1.807, 2.05) is 0 Å². The summed E-state index contributed by atoms with van der Waals surface area (Å²) in [6.45, 7) is 0. The largest absolute Gasteiger partial charge is 1.00 e. The van der Waals surface area contributed by atoms with Crippen LogP contribution in [0.3, 0.4) is 0 Å². The Bertz CT molecular complexity index is 422. The van der Waals surface area contributed by atoms with Crippen molar-refractivity contribution in [2.24, 2.45) is 0 Å². The zero-order valence-electron chi connectivity index (χ0n) is 8.70. The van der Waals surface area contributed by atoms with E-state index < -0.39 is 0 Å². The Morgan fingerprint density at radius 3 is 1.53 bits per heavy atom. The number of benzene rings is 2. The summed E-state index contributed by atoms with van der Waals surface area (Å²) in [7, 11) is 0. The summed E-state index contributed by atoms with van der Waals surface area (Å²) in [4.78, 5) is 0. The minimum Gasteiger partial charge on any atom is -1.00 e. The summed E-state index contributed by atoms with van der Waals surface area (Å²) in [5.74, 6) is 0. The molecule has 0 bridgehead atoms. The van der Waals surface area contributed by atoms with E-state index in [2.05, 4.69) is 48.5 Å². The summed E-state index contributed by atoms with van der Waals surface area (Å²) >= 11 is 0. The van der Waals surface area contributed by atoms with Crippen molar-refractivity contribution in [2.45, 2.75) is 6.42 Å². The second kappa shape index (κ2) is 4.93. The molecule has 0 heterocycles. The van der Waals surface area contributed by atoms with Gasteiger partial charge in [0.15, 0.2) is 0 Å². The fourth-order valence-electron chi connectivity index (χ4n) is 2.08. The van der Waals surface area contributed by atoms with Crippen molar-refractivity contribution in [3.63, 3.8) is 0 Å². The van der Waals surface area contributed by atoms with Crippen LogP contribution in [0.25, 0.3) is 11.1 Å². The van der Waals surface area contributed by atoms with Crippen LogP contribution in [-0.2, 0) is 6.42 Å². The first kappa shape index (κ1) is 12.4. The molecule has 0 saturated heterocycles. The third kappa shape index (κ3) is 2.00. The molecule has 1 aliphatic carbocycles. The van der Waals surface area contributed by atoms with Gasteiger partial charge in [0.2, 0.25) is 0 Å². The fourth-order valence-corrected chi connectivity index (χ4v) is 2.08. The SMILES string of the molecule is [F-].[Na+].c1ccc2c(c1)Cc1ccccc1-2. The Morgan fingerprint density at radius 1 is 0.667 bits per heavy atom. The predicted octanol–water partition coefficient (Wildman–Crippen LogP) is -2.73. The number of rotatable bonds is 0. The first-order valence-corrected chi connectivity index (χ1v) is 4.61. The molecule has 0 fully saturated rings. The van der Waals surface area contributed by atoms with E-state index in [4.69, 9.17) is 0 Å². The molecule has 0 aromatic heterocycles. The summed E-state index contributed by atoms with van der Waals surface area (Å²) in [5.41, 5.74) is 5.75. The van der Waals surface area contributed by atoms with Gasteiger partial charge in [-0.1, -0.05) is 48.5 Å². The van der Waals surface area contributed by atoms with Crippen molar-refractivity contribution in [3.8, 4) is 11.1 Å². The molecule has 2 aromatic rings. The number of fused-ring (bicyclic) bond motifs is 3. The molecule has 3 rings (SSSR count). The van der Waals surface area contributed by atoms with E-state index in [-0.39, 0.29) is 34.3 Å². The monoisotopic (exact) mass is 208 g/mol. The molecule has 0 aliphatic heterocycles. The van der Waals surface area contributed by atoms with Crippen LogP contribution in [0, 0.1) is 0 Å². The standard InChI is InChI=1S/C13H10.FH.Na/c1-3-7-12-10(5-1)9-11-6-2-4-8-13(11)12;;/h1-8H,9H2;1H;/q;;+1/p-1. The molecule has 15 heavy (non-hydrogen) atoms. The van der Waals surface area contributed by atoms with Crippen LogP contribution in [0.4, 0.5) is 0 Å². The first-order chi connectivity index (χ1) is 6.45. The summed E-state index contributed by atoms with van der Waals surface area (Å²) in [6, 6.07) is 17.3. The second-order valence-electron chi connectivity index (χ2n) is 3.49. The van der Waals surface area contributed by atoms with Crippen molar-refractivity contribution in [1.82, 2.24) is 0 Å². The van der Waals surface area contributed by atoms with E-state index >= 15 is 0 Å². The van der Waals surface area contributed by atoms with Gasteiger partial charge in [-0.25, -0.2) is 0 Å². The molecule has 0 N–H and O–H groups in total. The Balaban J connectivity index is 0.000000562. The molecule has 0 nitrogen and oxygen atoms in total. The zero-order chi connectivity index (χ0) is 8.67. The van der Waals surface area contributed by atoms with Crippen LogP contribution in [0.2, 0.25) is 0 Å². The predicted molar refractivity (Wildman–Crippen MR) is 54.7 cm³/mol. The van der Waals surface area contributed by atoms with E-state index in [1.165, 1.54) is 22.3 Å². The average Bonchev–Trinajstić information content (AvgIpc) is 2.56. The molecule has 0 amide bonds. The minimum atomic E-state index is 0. The molecule has 1 aliphatic rings. The Morgan fingerprint density at radius 2 is 1.07 bits per heavy atom. The van der Waals surface area contributed by atoms with Crippen molar-refractivity contribution >= 4 is 0 Å². The van der Waals surface area contributed by atoms with Gasteiger partial charge in [-0.15, -0.1) is 0 Å². The molecule has 70 valence electrons. The van der Waals surface area contributed by atoms with Crippen LogP contribution in [0.1, 0.15) is 11.1 Å². The van der Waals surface area contributed by atoms with Gasteiger partial charge in [0.05, 0.1) is 0 Å². The molecule has 2 aromatic carbocycles. The van der Waals surface area contributed by atoms with Crippen molar-refractivity contribution < 1.29 is 34.3 Å². The molecule has 0 unspecified atom stereocenters. The quantitative estimate of drug-likeness (QED) is 0.352. The average molecular weight is 208 g/mol. The van der Waals surface area contributed by atoms with Crippen LogP contribution >= 0.6 is 0 Å². The maximum absolute atomic E-state index is 2.22. The third-order valence-electron chi connectivity index (χ3n) is 2.71. The normalized spacial score (nSPS) is 10.7. The van der Waals surface area contributed by atoms with Gasteiger partial charge in [0.25, 0.3) is 0 Å². The van der Waals surface area contributed by atoms with E-state index in [9.17, 15) is 0 Å². The fraction of sp³-hybridized carbons (Fsp3) is 0.0769. The van der Waals surface area contributed by atoms with Gasteiger partial charge in [-0.3, -0.25) is 0 Å². The van der Waals surface area contributed by atoms with Crippen molar-refractivity contribution in [3.05, 3.63) is 59.7 Å². The first-order valence-electron chi connectivity index (χ1n) is 4.61. The second-order valence-corrected chi connectivity index (χ2v) is 3.49. The summed E-state index contributed by atoms with van der Waals surface area (Å²) < 4.78 is 0. The topological polar surface area (TPSA) is 0 Å². The van der Waals surface area contributed by atoms with E-state index in [1.54, 1.807) is 0 Å². The van der Waals surface area contributed by atoms with Gasteiger partial charge < -0.3 is 4.70 Å². The van der Waals surface area contributed by atoms with Gasteiger partial charge in [0, 0.05) is 0 Å². The molecule has 0 spiro atoms. The molecule has 0 radical (unpaired) electrons. The third-order valence-corrected chi connectivity index (χ3v) is 2.71. The minimum absolute atomic E-state index is 0. The molecule has 0 saturated carbocycles. The van der Waals surface area contributed by atoms with Gasteiger partial charge >= 0.3 is 29.6 Å². The van der Waals surface area contributed by atoms with Gasteiger partial charge in [-0.05, 0) is 28.7 Å². The van der Waals surface area contributed by atoms with Crippen molar-refractivity contribution in [2.75, 3.05) is 0 Å². The number of hydrogen-bond acceptors (Lipinski definition) is 0. The van der Waals surface area contributed by atoms with Crippen LogP contribution in [0.5, 0.6) is 0 Å². The Kier molecular flexibility index (Phi) is 4.09. The van der Waals surface area contributed by atoms with Crippen LogP contribution < -0.4 is 34.3 Å². The maximum atomic E-state index is 2.22. The smallest absolute Gasteiger partial charge is 1.00 e. The molecule has 0 atom stereocenters. The van der Waals surface area contributed by atoms with E-state index in [0.29, 0.717) is 0 Å². The molecular weight excluding hydrogens is 198 g/mol. The molecule has 2 heteroatoms.